The molecule has 0 saturated carbocycles. The number of carboxylic acids is 1. The quantitative estimate of drug-likeness (QED) is 0.785. The fraction of sp³-hybridized carbons (Fsp3) is 0.250. The number of hydrogen-bond acceptors (Lipinski definition) is 4. The molecule has 0 spiro atoms. The monoisotopic (exact) mass is 339 g/mol. The fourth-order valence-electron chi connectivity index (χ4n) is 2.98. The predicted molar refractivity (Wildman–Crippen MR) is 97.5 cm³/mol. The number of nitrogens with zero attached hydrogens (tertiary/aromatic N) is 1. The summed E-state index contributed by atoms with van der Waals surface area (Å²) in [7, 11) is 1.57. The van der Waals surface area contributed by atoms with Crippen molar-refractivity contribution in [1.29, 1.82) is 0 Å². The van der Waals surface area contributed by atoms with Crippen molar-refractivity contribution in [3.05, 3.63) is 59.7 Å². The Morgan fingerprint density at radius 2 is 2.08 bits per heavy atom. The SMILES string of the molecule is COc1cc(/C=C/C(=O)O)ccc1OCCN1CCc2ccccc21. The lowest BCUT2D eigenvalue weighted by Crippen LogP contribution is -2.26. The molecule has 0 aromatic heterocycles. The van der Waals surface area contributed by atoms with Crippen LogP contribution in [0.4, 0.5) is 5.69 Å². The molecule has 2 aromatic rings. The number of methoxy groups -OCH3 is 1. The van der Waals surface area contributed by atoms with Gasteiger partial charge in [-0.3, -0.25) is 0 Å². The Kier molecular flexibility index (Phi) is 5.23. The summed E-state index contributed by atoms with van der Waals surface area (Å²) in [5, 5.41) is 8.70. The van der Waals surface area contributed by atoms with Gasteiger partial charge in [0, 0.05) is 18.3 Å². The molecule has 1 N–H and O–H groups in total. The molecule has 2 aromatic carbocycles. The Bertz CT molecular complexity index is 785. The Labute approximate surface area is 147 Å². The van der Waals surface area contributed by atoms with E-state index < -0.39 is 5.97 Å². The molecule has 0 amide bonds. The van der Waals surface area contributed by atoms with Crippen molar-refractivity contribution in [3.8, 4) is 11.5 Å². The van der Waals surface area contributed by atoms with Gasteiger partial charge in [-0.25, -0.2) is 4.79 Å². The Hall–Kier alpha value is -2.95. The summed E-state index contributed by atoms with van der Waals surface area (Å²) in [5.41, 5.74) is 3.42. The van der Waals surface area contributed by atoms with Crippen LogP contribution in [0.5, 0.6) is 11.5 Å². The first-order valence-electron chi connectivity index (χ1n) is 8.22. The second-order valence-corrected chi connectivity index (χ2v) is 5.80. The third-order valence-electron chi connectivity index (χ3n) is 4.21. The molecule has 0 aliphatic carbocycles. The molecule has 0 atom stereocenters. The normalized spacial score (nSPS) is 13.1. The summed E-state index contributed by atoms with van der Waals surface area (Å²) in [5.74, 6) is 0.266. The van der Waals surface area contributed by atoms with E-state index in [0.29, 0.717) is 18.1 Å². The van der Waals surface area contributed by atoms with Crippen molar-refractivity contribution in [2.45, 2.75) is 6.42 Å². The number of anilines is 1. The van der Waals surface area contributed by atoms with Crippen LogP contribution < -0.4 is 14.4 Å². The summed E-state index contributed by atoms with van der Waals surface area (Å²) in [4.78, 5) is 12.9. The fourth-order valence-corrected chi connectivity index (χ4v) is 2.98. The van der Waals surface area contributed by atoms with Gasteiger partial charge < -0.3 is 19.5 Å². The lowest BCUT2D eigenvalue weighted by atomic mass is 10.2. The average Bonchev–Trinajstić information content (AvgIpc) is 3.04. The number of aliphatic carboxylic acids is 1. The minimum Gasteiger partial charge on any atom is -0.493 e. The molecule has 0 radical (unpaired) electrons. The highest BCUT2D eigenvalue weighted by molar-refractivity contribution is 5.85. The Morgan fingerprint density at radius 1 is 1.24 bits per heavy atom. The van der Waals surface area contributed by atoms with Crippen LogP contribution in [0.25, 0.3) is 6.08 Å². The Morgan fingerprint density at radius 3 is 2.88 bits per heavy atom. The van der Waals surface area contributed by atoms with Crippen molar-refractivity contribution in [2.24, 2.45) is 0 Å². The van der Waals surface area contributed by atoms with E-state index in [9.17, 15) is 4.79 Å². The van der Waals surface area contributed by atoms with Gasteiger partial charge in [0.25, 0.3) is 0 Å². The van der Waals surface area contributed by atoms with Crippen molar-refractivity contribution < 1.29 is 19.4 Å². The van der Waals surface area contributed by atoms with Crippen LogP contribution in [0.1, 0.15) is 11.1 Å². The molecule has 25 heavy (non-hydrogen) atoms. The van der Waals surface area contributed by atoms with Gasteiger partial charge >= 0.3 is 5.97 Å². The second-order valence-electron chi connectivity index (χ2n) is 5.80. The number of carbonyl (C=O) groups is 1. The van der Waals surface area contributed by atoms with E-state index in [1.807, 2.05) is 6.07 Å². The molecule has 0 unspecified atom stereocenters. The molecule has 1 aliphatic heterocycles. The number of para-hydroxylation sites is 1. The van der Waals surface area contributed by atoms with E-state index >= 15 is 0 Å². The van der Waals surface area contributed by atoms with Crippen LogP contribution in [0.2, 0.25) is 0 Å². The number of rotatable bonds is 7. The van der Waals surface area contributed by atoms with Gasteiger partial charge in [-0.05, 0) is 41.8 Å². The van der Waals surface area contributed by atoms with Gasteiger partial charge in [-0.2, -0.15) is 0 Å². The predicted octanol–water partition coefficient (Wildman–Crippen LogP) is 3.23. The highest BCUT2D eigenvalue weighted by Crippen LogP contribution is 2.30. The van der Waals surface area contributed by atoms with Crippen molar-refractivity contribution in [2.75, 3.05) is 31.7 Å². The first-order valence-corrected chi connectivity index (χ1v) is 8.22. The van der Waals surface area contributed by atoms with Gasteiger partial charge in [-0.1, -0.05) is 24.3 Å². The molecule has 0 fully saturated rings. The zero-order chi connectivity index (χ0) is 17.6. The third kappa shape index (κ3) is 4.12. The standard InChI is InChI=1S/C20H21NO4/c1-24-19-14-15(7-9-20(22)23)6-8-18(19)25-13-12-21-11-10-16-4-2-3-5-17(16)21/h2-9,14H,10-13H2,1H3,(H,22,23)/b9-7+. The Balaban J connectivity index is 1.61. The van der Waals surface area contributed by atoms with Gasteiger partial charge in [0.2, 0.25) is 0 Å². The van der Waals surface area contributed by atoms with Gasteiger partial charge in [-0.15, -0.1) is 0 Å². The van der Waals surface area contributed by atoms with Crippen molar-refractivity contribution >= 4 is 17.7 Å². The maximum atomic E-state index is 10.6. The molecule has 130 valence electrons. The average molecular weight is 339 g/mol. The lowest BCUT2D eigenvalue weighted by Gasteiger charge is -2.20. The van der Waals surface area contributed by atoms with Crippen LogP contribution in [0, 0.1) is 0 Å². The van der Waals surface area contributed by atoms with Gasteiger partial charge in [0.1, 0.15) is 6.61 Å². The summed E-state index contributed by atoms with van der Waals surface area (Å²) >= 11 is 0. The topological polar surface area (TPSA) is 59.0 Å². The number of carboxylic acid groups (broad SMARTS) is 1. The summed E-state index contributed by atoms with van der Waals surface area (Å²) in [6.45, 7) is 2.37. The number of hydrogen-bond donors (Lipinski definition) is 1. The van der Waals surface area contributed by atoms with Crippen molar-refractivity contribution in [1.82, 2.24) is 0 Å². The number of ether oxygens (including phenoxy) is 2. The van der Waals surface area contributed by atoms with Crippen LogP contribution in [0.3, 0.4) is 0 Å². The van der Waals surface area contributed by atoms with E-state index in [1.165, 1.54) is 17.3 Å². The van der Waals surface area contributed by atoms with Crippen molar-refractivity contribution in [3.63, 3.8) is 0 Å². The van der Waals surface area contributed by atoms with Gasteiger partial charge in [0.15, 0.2) is 11.5 Å². The second kappa shape index (κ2) is 7.75. The summed E-state index contributed by atoms with van der Waals surface area (Å²) < 4.78 is 11.2. The third-order valence-corrected chi connectivity index (χ3v) is 4.21. The minimum atomic E-state index is -0.981. The zero-order valence-electron chi connectivity index (χ0n) is 14.1. The largest absolute Gasteiger partial charge is 0.493 e. The van der Waals surface area contributed by atoms with Crippen LogP contribution >= 0.6 is 0 Å². The molecule has 1 heterocycles. The maximum absolute atomic E-state index is 10.6. The molecule has 5 nitrogen and oxygen atoms in total. The van der Waals surface area contributed by atoms with Crippen LogP contribution in [0.15, 0.2) is 48.5 Å². The van der Waals surface area contributed by atoms with E-state index in [4.69, 9.17) is 14.6 Å². The molecular formula is C20H21NO4. The summed E-state index contributed by atoms with van der Waals surface area (Å²) in [6, 6.07) is 13.8. The highest BCUT2D eigenvalue weighted by Gasteiger charge is 2.18. The lowest BCUT2D eigenvalue weighted by molar-refractivity contribution is -0.131. The zero-order valence-corrected chi connectivity index (χ0v) is 14.1. The summed E-state index contributed by atoms with van der Waals surface area (Å²) in [6.07, 6.45) is 3.69. The van der Waals surface area contributed by atoms with E-state index in [0.717, 1.165) is 31.1 Å². The van der Waals surface area contributed by atoms with Crippen LogP contribution in [-0.2, 0) is 11.2 Å². The van der Waals surface area contributed by atoms with Gasteiger partial charge in [0.05, 0.1) is 13.7 Å². The maximum Gasteiger partial charge on any atom is 0.328 e. The van der Waals surface area contributed by atoms with Crippen LogP contribution in [-0.4, -0.2) is 37.9 Å². The molecule has 0 saturated heterocycles. The molecule has 1 aliphatic rings. The highest BCUT2D eigenvalue weighted by atomic mass is 16.5. The van der Waals surface area contributed by atoms with E-state index in [1.54, 1.807) is 19.2 Å². The smallest absolute Gasteiger partial charge is 0.328 e. The molecule has 0 bridgehead atoms. The van der Waals surface area contributed by atoms with E-state index in [2.05, 4.69) is 29.2 Å². The first-order chi connectivity index (χ1) is 12.2. The molecule has 5 heteroatoms. The molecule has 3 rings (SSSR count). The van der Waals surface area contributed by atoms with E-state index in [-0.39, 0.29) is 0 Å². The number of benzene rings is 2. The minimum absolute atomic E-state index is 0.551. The molecular weight excluding hydrogens is 318 g/mol. The first kappa shape index (κ1) is 16.9. The number of fused-ring (bicyclic) bond motifs is 1.